The summed E-state index contributed by atoms with van der Waals surface area (Å²) in [6, 6.07) is 4.48. The molecule has 3 atom stereocenters. The fourth-order valence-electron chi connectivity index (χ4n) is 5.42. The second-order valence-corrected chi connectivity index (χ2v) is 11.2. The summed E-state index contributed by atoms with van der Waals surface area (Å²) in [6.45, 7) is 4.93. The van der Waals surface area contributed by atoms with E-state index in [-0.39, 0.29) is 31.5 Å². The first-order valence-electron chi connectivity index (χ1n) is 12.5. The molecular formula is C26H30ClN5O5S. The fourth-order valence-corrected chi connectivity index (χ4v) is 6.35. The number of nitrogens with one attached hydrogen (secondary N) is 1. The maximum absolute atomic E-state index is 13.5. The Bertz CT molecular complexity index is 1280. The van der Waals surface area contributed by atoms with Crippen molar-refractivity contribution in [3.8, 4) is 0 Å². The minimum atomic E-state index is -1.32. The first-order chi connectivity index (χ1) is 18.2. The number of fused-ring (bicyclic) bond motifs is 2. The van der Waals surface area contributed by atoms with E-state index >= 15 is 0 Å². The highest BCUT2D eigenvalue weighted by atomic mass is 35.5. The number of nitrogens with zero attached hydrogens (tertiary/aromatic N) is 3. The van der Waals surface area contributed by atoms with Crippen LogP contribution in [0.15, 0.2) is 46.0 Å². The van der Waals surface area contributed by atoms with E-state index in [1.807, 2.05) is 30.5 Å². The zero-order valence-corrected chi connectivity index (χ0v) is 22.7. The molecule has 3 aliphatic rings. The van der Waals surface area contributed by atoms with Gasteiger partial charge in [-0.2, -0.15) is 0 Å². The quantitative estimate of drug-likeness (QED) is 0.437. The standard InChI is InChI=1S/C26H30ClN5O5S/c1-3-37-24(33)20-19(11-32-15-9-26(28,25(34)35)10-16(32)13-36-12-15)30-22(23-29-6-7-38-23)31-21(20)17-5-4-14(2)8-18(17)27/h4-8,15-16,21H,3,9-13,28H2,1-2H3,(H,30,31)(H,34,35). The number of rotatable bonds is 7. The summed E-state index contributed by atoms with van der Waals surface area (Å²) >= 11 is 8.12. The number of esters is 1. The van der Waals surface area contributed by atoms with Crippen LogP contribution in [0.2, 0.25) is 5.02 Å². The van der Waals surface area contributed by atoms with Crippen LogP contribution in [0, 0.1) is 6.92 Å². The summed E-state index contributed by atoms with van der Waals surface area (Å²) in [7, 11) is 0. The molecule has 3 unspecified atom stereocenters. The number of aromatic nitrogens is 1. The molecule has 0 spiro atoms. The van der Waals surface area contributed by atoms with E-state index in [0.717, 1.165) is 5.56 Å². The maximum atomic E-state index is 13.5. The average Bonchev–Trinajstić information content (AvgIpc) is 3.39. The van der Waals surface area contributed by atoms with Crippen molar-refractivity contribution in [3.63, 3.8) is 0 Å². The Hall–Kier alpha value is -2.83. The zero-order chi connectivity index (χ0) is 27.0. The molecule has 12 heteroatoms. The number of carboxylic acid groups (broad SMARTS) is 1. The maximum Gasteiger partial charge on any atom is 0.338 e. The van der Waals surface area contributed by atoms with Gasteiger partial charge in [0.1, 0.15) is 11.6 Å². The van der Waals surface area contributed by atoms with Crippen molar-refractivity contribution in [2.24, 2.45) is 10.7 Å². The van der Waals surface area contributed by atoms with Crippen LogP contribution < -0.4 is 11.1 Å². The number of benzene rings is 1. The van der Waals surface area contributed by atoms with Crippen molar-refractivity contribution in [1.82, 2.24) is 15.2 Å². The number of carboxylic acids is 1. The number of aliphatic carboxylic acids is 1. The SMILES string of the molecule is CCOC(=O)C1=C(CN2C3COCC2CC(N)(C(=O)O)C3)NC(c2nccs2)=NC1c1ccc(C)cc1Cl. The van der Waals surface area contributed by atoms with E-state index in [4.69, 9.17) is 31.8 Å². The van der Waals surface area contributed by atoms with Crippen LogP contribution in [-0.2, 0) is 19.1 Å². The number of hydrogen-bond acceptors (Lipinski definition) is 10. The van der Waals surface area contributed by atoms with Crippen LogP contribution in [0.1, 0.15) is 41.9 Å². The molecule has 10 nitrogen and oxygen atoms in total. The molecule has 3 aliphatic heterocycles. The number of hydrogen-bond donors (Lipinski definition) is 3. The molecular weight excluding hydrogens is 530 g/mol. The second kappa shape index (κ2) is 10.7. The van der Waals surface area contributed by atoms with E-state index < -0.39 is 23.5 Å². The zero-order valence-electron chi connectivity index (χ0n) is 21.1. The molecule has 0 saturated carbocycles. The largest absolute Gasteiger partial charge is 0.480 e. The minimum absolute atomic E-state index is 0.199. The number of amidine groups is 1. The van der Waals surface area contributed by atoms with Gasteiger partial charge in [0.2, 0.25) is 0 Å². The Balaban J connectivity index is 1.59. The van der Waals surface area contributed by atoms with Crippen LogP contribution in [0.25, 0.3) is 0 Å². The number of morpholine rings is 1. The number of piperidine rings is 1. The van der Waals surface area contributed by atoms with E-state index in [1.54, 1.807) is 13.1 Å². The Morgan fingerprint density at radius 1 is 1.34 bits per heavy atom. The number of ether oxygens (including phenoxy) is 2. The molecule has 4 heterocycles. The highest BCUT2D eigenvalue weighted by molar-refractivity contribution is 7.11. The van der Waals surface area contributed by atoms with E-state index in [1.165, 1.54) is 11.3 Å². The van der Waals surface area contributed by atoms with Crippen molar-refractivity contribution in [2.75, 3.05) is 26.4 Å². The van der Waals surface area contributed by atoms with Crippen LogP contribution in [-0.4, -0.2) is 76.8 Å². The van der Waals surface area contributed by atoms with Crippen LogP contribution in [0.4, 0.5) is 0 Å². The lowest BCUT2D eigenvalue weighted by Gasteiger charge is -2.51. The van der Waals surface area contributed by atoms with Gasteiger partial charge in [-0.05, 0) is 38.3 Å². The predicted molar refractivity (Wildman–Crippen MR) is 143 cm³/mol. The van der Waals surface area contributed by atoms with E-state index in [0.29, 0.717) is 52.5 Å². The number of carbonyl (C=O) groups is 2. The molecule has 1 aromatic heterocycles. The monoisotopic (exact) mass is 559 g/mol. The molecule has 0 radical (unpaired) electrons. The van der Waals surface area contributed by atoms with Gasteiger partial charge in [0.05, 0.1) is 25.4 Å². The molecule has 0 amide bonds. The lowest BCUT2D eigenvalue weighted by atomic mass is 9.79. The summed E-state index contributed by atoms with van der Waals surface area (Å²) in [6.07, 6.45) is 2.17. The molecule has 4 N–H and O–H groups in total. The molecule has 2 saturated heterocycles. The Morgan fingerprint density at radius 2 is 2.08 bits per heavy atom. The highest BCUT2D eigenvalue weighted by Gasteiger charge is 2.50. The number of aryl methyl sites for hydroxylation is 1. The third kappa shape index (κ3) is 5.08. The number of carbonyl (C=O) groups excluding carboxylic acids is 1. The molecule has 2 fully saturated rings. The Labute approximate surface area is 229 Å². The Kier molecular flexibility index (Phi) is 7.56. The van der Waals surface area contributed by atoms with Crippen LogP contribution in [0.5, 0.6) is 0 Å². The summed E-state index contributed by atoms with van der Waals surface area (Å²) in [5.41, 5.74) is 7.62. The highest BCUT2D eigenvalue weighted by Crippen LogP contribution is 2.39. The first kappa shape index (κ1) is 26.8. The number of nitrogens with two attached hydrogens (primary N) is 1. The Morgan fingerprint density at radius 3 is 2.68 bits per heavy atom. The molecule has 2 bridgehead atoms. The predicted octanol–water partition coefficient (Wildman–Crippen LogP) is 2.66. The lowest BCUT2D eigenvalue weighted by Crippen LogP contribution is -2.67. The molecule has 5 rings (SSSR count). The number of aliphatic imine (C=N–C) groups is 1. The normalized spacial score (nSPS) is 27.5. The van der Waals surface area contributed by atoms with Gasteiger partial charge in [-0.3, -0.25) is 14.7 Å². The van der Waals surface area contributed by atoms with E-state index in [2.05, 4.69) is 15.2 Å². The number of halogens is 1. The molecule has 202 valence electrons. The molecule has 1 aromatic carbocycles. The summed E-state index contributed by atoms with van der Waals surface area (Å²) in [5, 5.41) is 16.2. The number of thiazole rings is 1. The van der Waals surface area contributed by atoms with Crippen LogP contribution >= 0.6 is 22.9 Å². The third-order valence-electron chi connectivity index (χ3n) is 7.23. The molecule has 38 heavy (non-hydrogen) atoms. The average molecular weight is 560 g/mol. The summed E-state index contributed by atoms with van der Waals surface area (Å²) < 4.78 is 11.3. The van der Waals surface area contributed by atoms with Gasteiger partial charge in [0.15, 0.2) is 10.8 Å². The first-order valence-corrected chi connectivity index (χ1v) is 13.7. The summed E-state index contributed by atoms with van der Waals surface area (Å²) in [5.74, 6) is -0.971. The third-order valence-corrected chi connectivity index (χ3v) is 8.34. The summed E-state index contributed by atoms with van der Waals surface area (Å²) in [4.78, 5) is 36.9. The van der Waals surface area contributed by atoms with Gasteiger partial charge in [0, 0.05) is 46.5 Å². The van der Waals surface area contributed by atoms with Crippen molar-refractivity contribution >= 4 is 40.7 Å². The fraction of sp³-hybridized carbons (Fsp3) is 0.462. The molecule has 2 aromatic rings. The van der Waals surface area contributed by atoms with Gasteiger partial charge in [0.25, 0.3) is 0 Å². The lowest BCUT2D eigenvalue weighted by molar-refractivity contribution is -0.153. The second-order valence-electron chi connectivity index (χ2n) is 9.87. The van der Waals surface area contributed by atoms with Gasteiger partial charge >= 0.3 is 11.9 Å². The van der Waals surface area contributed by atoms with Gasteiger partial charge in [-0.1, -0.05) is 23.7 Å². The van der Waals surface area contributed by atoms with Gasteiger partial charge in [-0.15, -0.1) is 11.3 Å². The smallest absolute Gasteiger partial charge is 0.338 e. The van der Waals surface area contributed by atoms with Gasteiger partial charge < -0.3 is 25.6 Å². The van der Waals surface area contributed by atoms with E-state index in [9.17, 15) is 14.7 Å². The van der Waals surface area contributed by atoms with Crippen LogP contribution in [0.3, 0.4) is 0 Å². The van der Waals surface area contributed by atoms with Crippen molar-refractivity contribution in [2.45, 2.75) is 50.4 Å². The van der Waals surface area contributed by atoms with Crippen molar-refractivity contribution < 1.29 is 24.2 Å². The van der Waals surface area contributed by atoms with Gasteiger partial charge in [-0.25, -0.2) is 9.78 Å². The minimum Gasteiger partial charge on any atom is -0.480 e. The van der Waals surface area contributed by atoms with Crippen molar-refractivity contribution in [1.29, 1.82) is 0 Å². The topological polar surface area (TPSA) is 139 Å². The van der Waals surface area contributed by atoms with Crippen molar-refractivity contribution in [3.05, 3.63) is 62.2 Å². The molecule has 0 aliphatic carbocycles.